The predicted molar refractivity (Wildman–Crippen MR) is 55.3 cm³/mol. The van der Waals surface area contributed by atoms with Crippen molar-refractivity contribution in [2.45, 2.75) is 11.8 Å². The van der Waals surface area contributed by atoms with Crippen molar-refractivity contribution in [3.8, 4) is 0 Å². The molecule has 0 aromatic heterocycles. The average Bonchev–Trinajstić information content (AvgIpc) is 3.04. The highest BCUT2D eigenvalue weighted by atomic mass is 19.1. The first-order valence-corrected chi connectivity index (χ1v) is 5.10. The Morgan fingerprint density at radius 2 is 2.19 bits per heavy atom. The average molecular weight is 224 g/mol. The molecule has 4 heteroatoms. The lowest BCUT2D eigenvalue weighted by molar-refractivity contribution is -0.144. The summed E-state index contributed by atoms with van der Waals surface area (Å²) in [7, 11) is 1.32. The van der Waals surface area contributed by atoms with Crippen LogP contribution in [0, 0.1) is 11.7 Å². The van der Waals surface area contributed by atoms with Gasteiger partial charge in [-0.2, -0.15) is 0 Å². The highest BCUT2D eigenvalue weighted by Gasteiger charge is 2.61. The molecule has 0 amide bonds. The number of halogens is 1. The van der Waals surface area contributed by atoms with Gasteiger partial charge in [0.15, 0.2) is 0 Å². The van der Waals surface area contributed by atoms with Gasteiger partial charge in [-0.3, -0.25) is 4.79 Å². The largest absolute Gasteiger partial charge is 0.468 e. The van der Waals surface area contributed by atoms with Crippen LogP contribution in [0.3, 0.4) is 0 Å². The van der Waals surface area contributed by atoms with Crippen molar-refractivity contribution in [2.75, 3.05) is 13.7 Å². The summed E-state index contributed by atoms with van der Waals surface area (Å²) in [5, 5.41) is 9.12. The van der Waals surface area contributed by atoms with Crippen molar-refractivity contribution in [1.29, 1.82) is 0 Å². The van der Waals surface area contributed by atoms with Gasteiger partial charge in [-0.25, -0.2) is 4.39 Å². The Balaban J connectivity index is 2.35. The van der Waals surface area contributed by atoms with Crippen LogP contribution in [0.5, 0.6) is 0 Å². The molecule has 1 N–H and O–H groups in total. The van der Waals surface area contributed by atoms with Crippen LogP contribution in [0.1, 0.15) is 12.0 Å². The van der Waals surface area contributed by atoms with E-state index in [0.717, 1.165) is 0 Å². The van der Waals surface area contributed by atoms with Gasteiger partial charge < -0.3 is 9.84 Å². The van der Waals surface area contributed by atoms with E-state index < -0.39 is 5.41 Å². The molecule has 2 rings (SSSR count). The predicted octanol–water partition coefficient (Wildman–Crippen LogP) is 1.25. The van der Waals surface area contributed by atoms with Gasteiger partial charge in [0.05, 0.1) is 12.5 Å². The van der Waals surface area contributed by atoms with Gasteiger partial charge in [-0.15, -0.1) is 0 Å². The molecule has 86 valence electrons. The van der Waals surface area contributed by atoms with Crippen molar-refractivity contribution in [1.82, 2.24) is 0 Å². The van der Waals surface area contributed by atoms with Gasteiger partial charge >= 0.3 is 5.97 Å². The number of aliphatic hydroxyl groups excluding tert-OH is 1. The van der Waals surface area contributed by atoms with E-state index >= 15 is 0 Å². The summed E-state index contributed by atoms with van der Waals surface area (Å²) >= 11 is 0. The highest BCUT2D eigenvalue weighted by molar-refractivity contribution is 5.87. The van der Waals surface area contributed by atoms with Crippen LogP contribution < -0.4 is 0 Å². The summed E-state index contributed by atoms with van der Waals surface area (Å²) in [6.45, 7) is -0.0630. The second kappa shape index (κ2) is 3.87. The fourth-order valence-electron chi connectivity index (χ4n) is 2.20. The van der Waals surface area contributed by atoms with E-state index in [2.05, 4.69) is 0 Å². The van der Waals surface area contributed by atoms with Crippen molar-refractivity contribution in [3.05, 3.63) is 35.6 Å². The van der Waals surface area contributed by atoms with Crippen molar-refractivity contribution in [3.63, 3.8) is 0 Å². The molecule has 1 saturated carbocycles. The fraction of sp³-hybridized carbons (Fsp3) is 0.417. The van der Waals surface area contributed by atoms with Gasteiger partial charge in [0.1, 0.15) is 5.82 Å². The molecule has 0 bridgehead atoms. The van der Waals surface area contributed by atoms with Crippen molar-refractivity contribution < 1.29 is 19.0 Å². The SMILES string of the molecule is COC(=O)[C@@]1(c2ccc(F)cc2)C[C@H]1CO. The second-order valence-corrected chi connectivity index (χ2v) is 4.05. The molecule has 1 aromatic carbocycles. The Labute approximate surface area is 92.9 Å². The Hall–Kier alpha value is -1.42. The Bertz CT molecular complexity index is 401. The smallest absolute Gasteiger partial charge is 0.316 e. The first kappa shape index (κ1) is 11.1. The van der Waals surface area contributed by atoms with Gasteiger partial charge in [0.25, 0.3) is 0 Å². The monoisotopic (exact) mass is 224 g/mol. The zero-order chi connectivity index (χ0) is 11.8. The number of ether oxygens (including phenoxy) is 1. The van der Waals surface area contributed by atoms with E-state index in [9.17, 15) is 9.18 Å². The minimum atomic E-state index is -0.767. The van der Waals surface area contributed by atoms with Crippen LogP contribution in [0.2, 0.25) is 0 Å². The standard InChI is InChI=1S/C12H13FO3/c1-16-11(15)12(6-9(12)7-14)8-2-4-10(13)5-3-8/h2-5,9,14H,6-7H2,1H3/t9-,12+/m0/s1. The number of esters is 1. The molecule has 0 radical (unpaired) electrons. The first-order chi connectivity index (χ1) is 7.65. The summed E-state index contributed by atoms with van der Waals surface area (Å²) in [5.41, 5.74) is -0.0585. The normalized spacial score (nSPS) is 27.6. The summed E-state index contributed by atoms with van der Waals surface area (Å²) < 4.78 is 17.5. The number of rotatable bonds is 3. The number of aliphatic hydroxyl groups is 1. The Kier molecular flexibility index (Phi) is 2.68. The lowest BCUT2D eigenvalue weighted by atomic mass is 9.93. The third-order valence-electron chi connectivity index (χ3n) is 3.23. The number of benzene rings is 1. The van der Waals surface area contributed by atoms with Gasteiger partial charge in [-0.1, -0.05) is 12.1 Å². The minimum absolute atomic E-state index is 0.0630. The van der Waals surface area contributed by atoms with E-state index in [4.69, 9.17) is 9.84 Å². The van der Waals surface area contributed by atoms with Crippen LogP contribution in [0.4, 0.5) is 4.39 Å². The maximum atomic E-state index is 12.8. The zero-order valence-corrected chi connectivity index (χ0v) is 8.94. The molecular weight excluding hydrogens is 211 g/mol. The topological polar surface area (TPSA) is 46.5 Å². The second-order valence-electron chi connectivity index (χ2n) is 4.05. The Morgan fingerprint density at radius 3 is 2.62 bits per heavy atom. The molecule has 0 saturated heterocycles. The molecule has 3 nitrogen and oxygen atoms in total. The van der Waals surface area contributed by atoms with E-state index in [1.165, 1.54) is 19.2 Å². The molecular formula is C12H13FO3. The molecule has 16 heavy (non-hydrogen) atoms. The molecule has 1 aliphatic carbocycles. The molecule has 0 unspecified atom stereocenters. The lowest BCUT2D eigenvalue weighted by Crippen LogP contribution is -2.25. The molecule has 0 spiro atoms. The number of carbonyl (C=O) groups excluding carboxylic acids is 1. The molecule has 0 aliphatic heterocycles. The van der Waals surface area contributed by atoms with Crippen LogP contribution in [-0.2, 0) is 14.9 Å². The summed E-state index contributed by atoms with van der Waals surface area (Å²) in [6, 6.07) is 5.77. The summed E-state index contributed by atoms with van der Waals surface area (Å²) in [4.78, 5) is 11.7. The number of hydrogen-bond donors (Lipinski definition) is 1. The van der Waals surface area contributed by atoms with Gasteiger partial charge in [0.2, 0.25) is 0 Å². The Morgan fingerprint density at radius 1 is 1.56 bits per heavy atom. The summed E-state index contributed by atoms with van der Waals surface area (Å²) in [6.07, 6.45) is 0.557. The van der Waals surface area contributed by atoms with E-state index in [-0.39, 0.29) is 24.3 Å². The van der Waals surface area contributed by atoms with Crippen LogP contribution >= 0.6 is 0 Å². The van der Waals surface area contributed by atoms with Crippen molar-refractivity contribution >= 4 is 5.97 Å². The van der Waals surface area contributed by atoms with Gasteiger partial charge in [0, 0.05) is 12.5 Å². The molecule has 2 atom stereocenters. The van der Waals surface area contributed by atoms with E-state index in [1.807, 2.05) is 0 Å². The maximum absolute atomic E-state index is 12.8. The third-order valence-corrected chi connectivity index (χ3v) is 3.23. The van der Waals surface area contributed by atoms with E-state index in [0.29, 0.717) is 12.0 Å². The quantitative estimate of drug-likeness (QED) is 0.786. The first-order valence-electron chi connectivity index (χ1n) is 5.10. The highest BCUT2D eigenvalue weighted by Crippen LogP contribution is 2.54. The van der Waals surface area contributed by atoms with Gasteiger partial charge in [-0.05, 0) is 24.1 Å². The number of carbonyl (C=O) groups is 1. The maximum Gasteiger partial charge on any atom is 0.316 e. The van der Waals surface area contributed by atoms with E-state index in [1.54, 1.807) is 12.1 Å². The zero-order valence-electron chi connectivity index (χ0n) is 8.94. The molecule has 1 fully saturated rings. The molecule has 1 aliphatic rings. The summed E-state index contributed by atoms with van der Waals surface area (Å²) in [5.74, 6) is -0.825. The fourth-order valence-corrected chi connectivity index (χ4v) is 2.20. The van der Waals surface area contributed by atoms with Crippen LogP contribution in [0.15, 0.2) is 24.3 Å². The number of methoxy groups -OCH3 is 1. The van der Waals surface area contributed by atoms with Crippen molar-refractivity contribution in [2.24, 2.45) is 5.92 Å². The minimum Gasteiger partial charge on any atom is -0.468 e. The van der Waals surface area contributed by atoms with Crippen LogP contribution in [-0.4, -0.2) is 24.8 Å². The third kappa shape index (κ3) is 1.50. The number of hydrogen-bond acceptors (Lipinski definition) is 3. The molecule has 1 aromatic rings. The lowest BCUT2D eigenvalue weighted by Gasteiger charge is -2.14. The molecule has 0 heterocycles. The van der Waals surface area contributed by atoms with Crippen LogP contribution in [0.25, 0.3) is 0 Å².